The topological polar surface area (TPSA) is 36.9 Å². The molecule has 0 radical (unpaired) electrons. The second-order valence-corrected chi connectivity index (χ2v) is 3.77. The molecule has 4 nitrogen and oxygen atoms in total. The molecule has 0 atom stereocenters. The van der Waals surface area contributed by atoms with Crippen molar-refractivity contribution >= 4 is 11.6 Å². The van der Waals surface area contributed by atoms with Crippen molar-refractivity contribution in [2.75, 3.05) is 25.5 Å². The van der Waals surface area contributed by atoms with Crippen LogP contribution in [0.25, 0.3) is 0 Å². The molecule has 4 heteroatoms. The normalized spacial score (nSPS) is 17.7. The van der Waals surface area contributed by atoms with Gasteiger partial charge in [0.05, 0.1) is 13.7 Å². The lowest BCUT2D eigenvalue weighted by Crippen LogP contribution is -2.36. The van der Waals surface area contributed by atoms with Crippen LogP contribution in [-0.2, 0) is 6.54 Å². The SMILES string of the molecule is COc1ccc2c(c1)CN1CCN=C1N2. The second-order valence-electron chi connectivity index (χ2n) is 3.77. The average Bonchev–Trinajstić information content (AvgIpc) is 2.72. The second kappa shape index (κ2) is 3.15. The monoisotopic (exact) mass is 203 g/mol. The summed E-state index contributed by atoms with van der Waals surface area (Å²) >= 11 is 0. The minimum Gasteiger partial charge on any atom is -0.497 e. The van der Waals surface area contributed by atoms with Gasteiger partial charge in [0.15, 0.2) is 5.96 Å². The fraction of sp³-hybridized carbons (Fsp3) is 0.364. The Morgan fingerprint density at radius 1 is 1.47 bits per heavy atom. The number of rotatable bonds is 1. The van der Waals surface area contributed by atoms with Crippen LogP contribution >= 0.6 is 0 Å². The molecule has 2 aliphatic rings. The molecular formula is C11H13N3O. The molecular weight excluding hydrogens is 190 g/mol. The lowest BCUT2D eigenvalue weighted by atomic mass is 10.1. The van der Waals surface area contributed by atoms with Crippen molar-refractivity contribution in [3.63, 3.8) is 0 Å². The molecule has 0 saturated heterocycles. The van der Waals surface area contributed by atoms with Crippen molar-refractivity contribution in [1.82, 2.24) is 4.90 Å². The zero-order valence-corrected chi connectivity index (χ0v) is 8.66. The van der Waals surface area contributed by atoms with E-state index in [1.54, 1.807) is 7.11 Å². The minimum atomic E-state index is 0.896. The van der Waals surface area contributed by atoms with E-state index in [0.717, 1.165) is 37.0 Å². The molecule has 0 fully saturated rings. The maximum absolute atomic E-state index is 5.22. The van der Waals surface area contributed by atoms with Crippen LogP contribution in [0.5, 0.6) is 5.75 Å². The van der Waals surface area contributed by atoms with Crippen LogP contribution in [-0.4, -0.2) is 31.1 Å². The maximum Gasteiger partial charge on any atom is 0.198 e. The number of methoxy groups -OCH3 is 1. The van der Waals surface area contributed by atoms with Crippen molar-refractivity contribution in [3.8, 4) is 5.75 Å². The number of ether oxygens (including phenoxy) is 1. The van der Waals surface area contributed by atoms with Crippen LogP contribution < -0.4 is 10.1 Å². The van der Waals surface area contributed by atoms with Crippen LogP contribution in [0.4, 0.5) is 5.69 Å². The Bertz CT molecular complexity index is 428. The predicted molar refractivity (Wildman–Crippen MR) is 59.3 cm³/mol. The van der Waals surface area contributed by atoms with Crippen molar-refractivity contribution < 1.29 is 4.74 Å². The Kier molecular flexibility index (Phi) is 1.80. The fourth-order valence-electron chi connectivity index (χ4n) is 2.03. The van der Waals surface area contributed by atoms with Crippen LogP contribution in [0.3, 0.4) is 0 Å². The number of benzene rings is 1. The van der Waals surface area contributed by atoms with Gasteiger partial charge in [-0.2, -0.15) is 0 Å². The molecule has 1 N–H and O–H groups in total. The van der Waals surface area contributed by atoms with Gasteiger partial charge in [0.25, 0.3) is 0 Å². The van der Waals surface area contributed by atoms with Crippen LogP contribution in [0, 0.1) is 0 Å². The highest BCUT2D eigenvalue weighted by Crippen LogP contribution is 2.28. The molecule has 1 aromatic carbocycles. The molecule has 0 aromatic heterocycles. The van der Waals surface area contributed by atoms with E-state index in [1.807, 2.05) is 12.1 Å². The van der Waals surface area contributed by atoms with Gasteiger partial charge in [-0.05, 0) is 23.8 Å². The number of nitrogens with one attached hydrogen (secondary N) is 1. The van der Waals surface area contributed by atoms with Crippen molar-refractivity contribution in [3.05, 3.63) is 23.8 Å². The number of fused-ring (bicyclic) bond motifs is 2. The molecule has 15 heavy (non-hydrogen) atoms. The summed E-state index contributed by atoms with van der Waals surface area (Å²) in [5, 5.41) is 3.33. The minimum absolute atomic E-state index is 0.896. The first kappa shape index (κ1) is 8.59. The Hall–Kier alpha value is -1.71. The summed E-state index contributed by atoms with van der Waals surface area (Å²) in [6.07, 6.45) is 0. The van der Waals surface area contributed by atoms with Gasteiger partial charge in [-0.1, -0.05) is 0 Å². The Morgan fingerprint density at radius 2 is 2.40 bits per heavy atom. The third-order valence-electron chi connectivity index (χ3n) is 2.85. The molecule has 78 valence electrons. The summed E-state index contributed by atoms with van der Waals surface area (Å²) in [6.45, 7) is 2.84. The number of guanidine groups is 1. The van der Waals surface area contributed by atoms with E-state index in [0.29, 0.717) is 0 Å². The third kappa shape index (κ3) is 1.33. The first-order chi connectivity index (χ1) is 7.36. The quantitative estimate of drug-likeness (QED) is 0.747. The lowest BCUT2D eigenvalue weighted by molar-refractivity contribution is 0.410. The molecule has 2 heterocycles. The maximum atomic E-state index is 5.22. The summed E-state index contributed by atoms with van der Waals surface area (Å²) in [5.41, 5.74) is 2.42. The summed E-state index contributed by atoms with van der Waals surface area (Å²) in [5.74, 6) is 1.92. The van der Waals surface area contributed by atoms with E-state index in [4.69, 9.17) is 4.74 Å². The van der Waals surface area contributed by atoms with Crippen LogP contribution in [0.1, 0.15) is 5.56 Å². The number of hydrogen-bond acceptors (Lipinski definition) is 4. The van der Waals surface area contributed by atoms with Crippen LogP contribution in [0.15, 0.2) is 23.2 Å². The zero-order chi connectivity index (χ0) is 10.3. The Balaban J connectivity index is 1.98. The molecule has 3 rings (SSSR count). The molecule has 2 aliphatic heterocycles. The highest BCUT2D eigenvalue weighted by molar-refractivity contribution is 5.97. The summed E-state index contributed by atoms with van der Waals surface area (Å²) in [6, 6.07) is 6.10. The van der Waals surface area contributed by atoms with Gasteiger partial charge in [-0.3, -0.25) is 4.99 Å². The highest BCUT2D eigenvalue weighted by Gasteiger charge is 2.23. The smallest absolute Gasteiger partial charge is 0.198 e. The van der Waals surface area contributed by atoms with E-state index in [9.17, 15) is 0 Å². The standard InChI is InChI=1S/C11H13N3O/c1-15-9-2-3-10-8(6-9)7-14-5-4-12-11(14)13-10/h2-3,6H,4-5,7H2,1H3,(H,12,13). The van der Waals surface area contributed by atoms with Crippen LogP contribution in [0.2, 0.25) is 0 Å². The molecule has 0 unspecified atom stereocenters. The van der Waals surface area contributed by atoms with E-state index in [2.05, 4.69) is 21.3 Å². The highest BCUT2D eigenvalue weighted by atomic mass is 16.5. The summed E-state index contributed by atoms with van der Waals surface area (Å²) in [7, 11) is 1.70. The van der Waals surface area contributed by atoms with E-state index in [-0.39, 0.29) is 0 Å². The number of nitrogens with zero attached hydrogens (tertiary/aromatic N) is 2. The zero-order valence-electron chi connectivity index (χ0n) is 8.66. The number of anilines is 1. The number of aliphatic imine (C=N–C) groups is 1. The van der Waals surface area contributed by atoms with E-state index in [1.165, 1.54) is 5.56 Å². The largest absolute Gasteiger partial charge is 0.497 e. The molecule has 0 amide bonds. The third-order valence-corrected chi connectivity index (χ3v) is 2.85. The molecule has 0 spiro atoms. The summed E-state index contributed by atoms with van der Waals surface area (Å²) in [4.78, 5) is 6.65. The van der Waals surface area contributed by atoms with Gasteiger partial charge in [0, 0.05) is 18.8 Å². The van der Waals surface area contributed by atoms with Crippen molar-refractivity contribution in [2.45, 2.75) is 6.54 Å². The molecule has 0 bridgehead atoms. The Labute approximate surface area is 88.6 Å². The first-order valence-corrected chi connectivity index (χ1v) is 5.10. The van der Waals surface area contributed by atoms with E-state index >= 15 is 0 Å². The lowest BCUT2D eigenvalue weighted by Gasteiger charge is -2.28. The van der Waals surface area contributed by atoms with Gasteiger partial charge < -0.3 is 15.0 Å². The van der Waals surface area contributed by atoms with Crippen molar-refractivity contribution in [1.29, 1.82) is 0 Å². The van der Waals surface area contributed by atoms with Crippen molar-refractivity contribution in [2.24, 2.45) is 4.99 Å². The van der Waals surface area contributed by atoms with Gasteiger partial charge in [-0.15, -0.1) is 0 Å². The molecule has 0 saturated carbocycles. The summed E-state index contributed by atoms with van der Waals surface area (Å²) < 4.78 is 5.22. The van der Waals surface area contributed by atoms with Gasteiger partial charge in [-0.25, -0.2) is 0 Å². The van der Waals surface area contributed by atoms with Gasteiger partial charge in [0.2, 0.25) is 0 Å². The van der Waals surface area contributed by atoms with E-state index < -0.39 is 0 Å². The van der Waals surface area contributed by atoms with Gasteiger partial charge >= 0.3 is 0 Å². The number of hydrogen-bond donors (Lipinski definition) is 1. The predicted octanol–water partition coefficient (Wildman–Crippen LogP) is 1.29. The average molecular weight is 203 g/mol. The Morgan fingerprint density at radius 3 is 3.27 bits per heavy atom. The molecule has 1 aromatic rings. The fourth-order valence-corrected chi connectivity index (χ4v) is 2.03. The first-order valence-electron chi connectivity index (χ1n) is 5.10. The van der Waals surface area contributed by atoms with Gasteiger partial charge in [0.1, 0.15) is 5.75 Å². The molecule has 0 aliphatic carbocycles.